The molecule has 1 aromatic heterocycles. The zero-order valence-corrected chi connectivity index (χ0v) is 16.9. The second-order valence-electron chi connectivity index (χ2n) is 6.89. The van der Waals surface area contributed by atoms with Gasteiger partial charge in [-0.3, -0.25) is 9.59 Å². The highest BCUT2D eigenvalue weighted by Gasteiger charge is 2.29. The molecule has 0 fully saturated rings. The van der Waals surface area contributed by atoms with E-state index in [0.717, 1.165) is 15.5 Å². The summed E-state index contributed by atoms with van der Waals surface area (Å²) in [5.74, 6) is 0.345. The molecular weight excluding hydrogens is 384 g/mol. The Morgan fingerprint density at radius 3 is 2.69 bits per heavy atom. The maximum Gasteiger partial charge on any atom is 0.259 e. The Hall–Kier alpha value is -3.25. The van der Waals surface area contributed by atoms with Crippen molar-refractivity contribution in [2.45, 2.75) is 29.7 Å². The Balaban J connectivity index is 1.64. The molecule has 0 bridgehead atoms. The highest BCUT2D eigenvalue weighted by atomic mass is 32.2. The van der Waals surface area contributed by atoms with Crippen LogP contribution in [0.3, 0.4) is 0 Å². The molecule has 0 radical (unpaired) electrons. The van der Waals surface area contributed by atoms with Crippen LogP contribution in [0.15, 0.2) is 81.1 Å². The van der Waals surface area contributed by atoms with E-state index in [9.17, 15) is 9.59 Å². The van der Waals surface area contributed by atoms with Gasteiger partial charge in [-0.2, -0.15) is 0 Å². The van der Waals surface area contributed by atoms with Crippen molar-refractivity contribution in [1.82, 2.24) is 0 Å². The smallest absolute Gasteiger partial charge is 0.259 e. The van der Waals surface area contributed by atoms with Gasteiger partial charge in [0.05, 0.1) is 17.5 Å². The van der Waals surface area contributed by atoms with Crippen molar-refractivity contribution in [1.29, 1.82) is 0 Å². The maximum absolute atomic E-state index is 13.1. The zero-order chi connectivity index (χ0) is 20.4. The SMILES string of the molecule is CC(C)N1C(=O)c2ccccc2Sc2cc(NC(=O)/C=C/c3ccco3)ccc21. The first-order valence-electron chi connectivity index (χ1n) is 9.30. The average Bonchev–Trinajstić information content (AvgIpc) is 3.18. The van der Waals surface area contributed by atoms with Crippen LogP contribution in [-0.2, 0) is 4.79 Å². The van der Waals surface area contributed by atoms with Crippen LogP contribution in [0, 0.1) is 0 Å². The topological polar surface area (TPSA) is 62.6 Å². The second kappa shape index (κ2) is 8.01. The first-order valence-corrected chi connectivity index (χ1v) is 10.1. The van der Waals surface area contributed by atoms with E-state index in [-0.39, 0.29) is 17.9 Å². The molecule has 1 N–H and O–H groups in total. The molecule has 0 saturated heterocycles. The predicted octanol–water partition coefficient (Wildman–Crippen LogP) is 5.45. The maximum atomic E-state index is 13.1. The van der Waals surface area contributed by atoms with Gasteiger partial charge < -0.3 is 14.6 Å². The molecule has 0 unspecified atom stereocenters. The van der Waals surface area contributed by atoms with Gasteiger partial charge in [0.25, 0.3) is 5.91 Å². The Labute approximate surface area is 173 Å². The molecule has 4 rings (SSSR count). The predicted molar refractivity (Wildman–Crippen MR) is 115 cm³/mol. The lowest BCUT2D eigenvalue weighted by Gasteiger charge is -2.27. The summed E-state index contributed by atoms with van der Waals surface area (Å²) in [4.78, 5) is 29.0. The summed E-state index contributed by atoms with van der Waals surface area (Å²) in [5, 5.41) is 2.87. The van der Waals surface area contributed by atoms with E-state index in [1.165, 1.54) is 17.8 Å². The van der Waals surface area contributed by atoms with Gasteiger partial charge in [0.15, 0.2) is 0 Å². The number of furan rings is 1. The van der Waals surface area contributed by atoms with Gasteiger partial charge in [-0.05, 0) is 62.4 Å². The molecule has 146 valence electrons. The molecule has 5 nitrogen and oxygen atoms in total. The van der Waals surface area contributed by atoms with E-state index in [0.29, 0.717) is 17.0 Å². The van der Waals surface area contributed by atoms with Crippen LogP contribution in [0.4, 0.5) is 11.4 Å². The Morgan fingerprint density at radius 2 is 1.93 bits per heavy atom. The first-order chi connectivity index (χ1) is 14.0. The van der Waals surface area contributed by atoms with Crippen molar-refractivity contribution < 1.29 is 14.0 Å². The van der Waals surface area contributed by atoms with Crippen LogP contribution < -0.4 is 10.2 Å². The normalized spacial score (nSPS) is 13.3. The fourth-order valence-electron chi connectivity index (χ4n) is 3.20. The van der Waals surface area contributed by atoms with E-state index >= 15 is 0 Å². The lowest BCUT2D eigenvalue weighted by molar-refractivity contribution is -0.111. The van der Waals surface area contributed by atoms with Crippen LogP contribution in [-0.4, -0.2) is 17.9 Å². The van der Waals surface area contributed by atoms with Gasteiger partial charge in [0, 0.05) is 27.6 Å². The van der Waals surface area contributed by atoms with Gasteiger partial charge in [0.1, 0.15) is 5.76 Å². The number of amides is 2. The molecule has 2 heterocycles. The number of hydrogen-bond donors (Lipinski definition) is 1. The summed E-state index contributed by atoms with van der Waals surface area (Å²) in [6, 6.07) is 16.8. The number of carbonyl (C=O) groups excluding carboxylic acids is 2. The number of hydrogen-bond acceptors (Lipinski definition) is 4. The molecule has 0 aliphatic carbocycles. The van der Waals surface area contributed by atoms with E-state index in [4.69, 9.17) is 4.42 Å². The summed E-state index contributed by atoms with van der Waals surface area (Å²) < 4.78 is 5.19. The molecule has 1 aliphatic heterocycles. The highest BCUT2D eigenvalue weighted by Crippen LogP contribution is 2.43. The Morgan fingerprint density at radius 1 is 1.10 bits per heavy atom. The minimum atomic E-state index is -0.253. The molecule has 6 heteroatoms. The third-order valence-corrected chi connectivity index (χ3v) is 5.62. The monoisotopic (exact) mass is 404 g/mol. The Kier molecular flexibility index (Phi) is 5.27. The van der Waals surface area contributed by atoms with E-state index in [1.807, 2.05) is 56.3 Å². The average molecular weight is 404 g/mol. The van der Waals surface area contributed by atoms with Crippen LogP contribution in [0.25, 0.3) is 6.08 Å². The molecule has 29 heavy (non-hydrogen) atoms. The standard InChI is InChI=1S/C23H20N2O3S/c1-15(2)25-19-11-9-16(24-22(26)12-10-17-6-5-13-28-17)14-21(19)29-20-8-4-3-7-18(20)23(25)27/h3-15H,1-2H3,(H,24,26)/b12-10+. The van der Waals surface area contributed by atoms with E-state index in [2.05, 4.69) is 5.32 Å². The molecule has 2 amide bonds. The lowest BCUT2D eigenvalue weighted by Crippen LogP contribution is -2.36. The van der Waals surface area contributed by atoms with Crippen molar-refractivity contribution in [3.8, 4) is 0 Å². The van der Waals surface area contributed by atoms with Gasteiger partial charge in [-0.25, -0.2) is 0 Å². The third-order valence-electron chi connectivity index (χ3n) is 4.50. The second-order valence-corrected chi connectivity index (χ2v) is 7.97. The molecule has 1 aliphatic rings. The number of nitrogens with one attached hydrogen (secondary N) is 1. The van der Waals surface area contributed by atoms with Crippen molar-refractivity contribution >= 4 is 41.0 Å². The third kappa shape index (κ3) is 3.98. The summed E-state index contributed by atoms with van der Waals surface area (Å²) in [7, 11) is 0. The summed E-state index contributed by atoms with van der Waals surface area (Å²) in [5.41, 5.74) is 2.20. The number of benzene rings is 2. The summed E-state index contributed by atoms with van der Waals surface area (Å²) >= 11 is 1.53. The largest absolute Gasteiger partial charge is 0.465 e. The highest BCUT2D eigenvalue weighted by molar-refractivity contribution is 7.99. The molecule has 0 saturated carbocycles. The van der Waals surface area contributed by atoms with E-state index < -0.39 is 0 Å². The number of anilines is 2. The van der Waals surface area contributed by atoms with Crippen LogP contribution in [0.5, 0.6) is 0 Å². The van der Waals surface area contributed by atoms with E-state index in [1.54, 1.807) is 29.4 Å². The van der Waals surface area contributed by atoms with Crippen molar-refractivity contribution in [2.24, 2.45) is 0 Å². The zero-order valence-electron chi connectivity index (χ0n) is 16.1. The minimum Gasteiger partial charge on any atom is -0.465 e. The molecule has 3 aromatic rings. The fourth-order valence-corrected chi connectivity index (χ4v) is 4.31. The quantitative estimate of drug-likeness (QED) is 0.587. The molecular formula is C23H20N2O3S. The van der Waals surface area contributed by atoms with Crippen LogP contribution >= 0.6 is 11.8 Å². The molecule has 2 aromatic carbocycles. The molecule has 0 spiro atoms. The summed E-state index contributed by atoms with van der Waals surface area (Å²) in [6.45, 7) is 3.99. The number of fused-ring (bicyclic) bond motifs is 2. The number of carbonyl (C=O) groups is 2. The van der Waals surface area contributed by atoms with Crippen LogP contribution in [0.1, 0.15) is 30.0 Å². The lowest BCUT2D eigenvalue weighted by atomic mass is 10.1. The van der Waals surface area contributed by atoms with Crippen molar-refractivity contribution in [2.75, 3.05) is 10.2 Å². The van der Waals surface area contributed by atoms with Gasteiger partial charge >= 0.3 is 0 Å². The minimum absolute atomic E-state index is 0.00433. The Bertz CT molecular complexity index is 1090. The van der Waals surface area contributed by atoms with Crippen molar-refractivity contribution in [3.63, 3.8) is 0 Å². The summed E-state index contributed by atoms with van der Waals surface area (Å²) in [6.07, 6.45) is 4.60. The number of nitrogens with zero attached hydrogens (tertiary/aromatic N) is 1. The van der Waals surface area contributed by atoms with Crippen LogP contribution in [0.2, 0.25) is 0 Å². The van der Waals surface area contributed by atoms with Gasteiger partial charge in [-0.1, -0.05) is 23.9 Å². The fraction of sp³-hybridized carbons (Fsp3) is 0.130. The molecule has 0 atom stereocenters. The first kappa shape index (κ1) is 19.1. The van der Waals surface area contributed by atoms with Gasteiger partial charge in [0.2, 0.25) is 5.91 Å². The van der Waals surface area contributed by atoms with Crippen molar-refractivity contribution in [3.05, 3.63) is 78.3 Å². The number of rotatable bonds is 4. The van der Waals surface area contributed by atoms with Gasteiger partial charge in [-0.15, -0.1) is 0 Å².